The van der Waals surface area contributed by atoms with Crippen LogP contribution in [0.4, 0.5) is 21.5 Å². The number of pyridine rings is 2. The average molecular weight is 769 g/mol. The molecule has 2 amide bonds. The first kappa shape index (κ1) is 41.0. The smallest absolute Gasteiger partial charge is 0.410 e. The van der Waals surface area contributed by atoms with Crippen molar-refractivity contribution in [3.63, 3.8) is 0 Å². The number of carbonyl (C=O) groups is 2. The lowest BCUT2D eigenvalue weighted by Crippen LogP contribution is -2.26. The van der Waals surface area contributed by atoms with E-state index in [4.69, 9.17) is 51.9 Å². The number of aromatic nitrogens is 6. The fraction of sp³-hybridized carbons (Fsp3) is 0.429. The number of anilines is 2. The van der Waals surface area contributed by atoms with Gasteiger partial charge in [-0.2, -0.15) is 4.98 Å². The summed E-state index contributed by atoms with van der Waals surface area (Å²) >= 11 is 5.91. The van der Waals surface area contributed by atoms with Crippen molar-refractivity contribution < 1.29 is 38.4 Å². The number of nitrogens with two attached hydrogens (primary N) is 2. The number of halogens is 1. The number of nitrogen functional groups attached to an aromatic ring is 2. The van der Waals surface area contributed by atoms with Gasteiger partial charge in [-0.25, -0.2) is 29.5 Å². The van der Waals surface area contributed by atoms with E-state index in [0.717, 1.165) is 33.6 Å². The van der Waals surface area contributed by atoms with Crippen LogP contribution >= 0.6 is 11.6 Å². The van der Waals surface area contributed by atoms with Crippen LogP contribution in [-0.4, -0.2) is 84.4 Å². The molecule has 0 aliphatic carbocycles. The van der Waals surface area contributed by atoms with E-state index in [0.29, 0.717) is 72.3 Å². The van der Waals surface area contributed by atoms with E-state index in [1.165, 1.54) is 9.80 Å². The van der Waals surface area contributed by atoms with Crippen molar-refractivity contribution in [1.82, 2.24) is 39.7 Å². The maximum absolute atomic E-state index is 12.0. The molecule has 54 heavy (non-hydrogen) atoms. The highest BCUT2D eigenvalue weighted by Gasteiger charge is 2.31. The third-order valence-corrected chi connectivity index (χ3v) is 8.57. The highest BCUT2D eigenvalue weighted by molar-refractivity contribution is 6.30. The van der Waals surface area contributed by atoms with E-state index in [9.17, 15) is 9.59 Å². The molecule has 0 saturated carbocycles. The lowest BCUT2D eigenvalue weighted by atomic mass is 10.1. The zero-order chi connectivity index (χ0) is 39.7. The van der Waals surface area contributed by atoms with Gasteiger partial charge in [-0.3, -0.25) is 14.8 Å². The number of amides is 2. The number of aryl methyl sites for hydroxylation is 2. The van der Waals surface area contributed by atoms with Crippen LogP contribution in [0.5, 0.6) is 23.3 Å². The minimum atomic E-state index is -0.415. The molecule has 0 atom stereocenters. The van der Waals surface area contributed by atoms with Crippen molar-refractivity contribution in [2.75, 3.05) is 38.9 Å². The molecule has 0 bridgehead atoms. The quantitative estimate of drug-likeness (QED) is 0.216. The number of methoxy groups -OCH3 is 2. The topological polar surface area (TPSA) is 236 Å². The molecule has 5 N–H and O–H groups in total. The maximum atomic E-state index is 12.0. The first-order valence-electron chi connectivity index (χ1n) is 16.8. The van der Waals surface area contributed by atoms with Crippen LogP contribution in [0.2, 0.25) is 5.15 Å². The largest absolute Gasteiger partial charge is 0.496 e. The zero-order valence-corrected chi connectivity index (χ0v) is 32.3. The molecule has 19 heteroatoms. The van der Waals surface area contributed by atoms with Gasteiger partial charge in [0, 0.05) is 34.6 Å². The molecule has 0 unspecified atom stereocenters. The molecule has 4 aromatic heterocycles. The van der Waals surface area contributed by atoms with Crippen LogP contribution in [0.15, 0.2) is 12.4 Å². The molecule has 6 heterocycles. The summed E-state index contributed by atoms with van der Waals surface area (Å²) in [4.78, 5) is 51.2. The lowest BCUT2D eigenvalue weighted by molar-refractivity contribution is 0.105. The molecule has 18 nitrogen and oxygen atoms in total. The summed E-state index contributed by atoms with van der Waals surface area (Å²) in [5, 5.41) is 9.21. The molecule has 0 saturated heterocycles. The van der Waals surface area contributed by atoms with Crippen LogP contribution < -0.4 is 25.7 Å². The molecule has 0 radical (unpaired) electrons. The average Bonchev–Trinajstić information content (AvgIpc) is 3.76. The van der Waals surface area contributed by atoms with E-state index >= 15 is 0 Å². The number of aliphatic hydroxyl groups excluding tert-OH is 1. The Morgan fingerprint density at radius 1 is 0.741 bits per heavy atom. The zero-order valence-electron chi connectivity index (χ0n) is 31.5. The Morgan fingerprint density at radius 3 is 1.78 bits per heavy atom. The number of rotatable bonds is 7. The summed E-state index contributed by atoms with van der Waals surface area (Å²) in [5.41, 5.74) is 18.3. The number of carbonyl (C=O) groups excluding carboxylic acids is 2. The Morgan fingerprint density at radius 2 is 1.24 bits per heavy atom. The fourth-order valence-corrected chi connectivity index (χ4v) is 5.95. The highest BCUT2D eigenvalue weighted by Crippen LogP contribution is 2.36. The highest BCUT2D eigenvalue weighted by atomic mass is 35.5. The molecule has 2 aliphatic heterocycles. The first-order chi connectivity index (χ1) is 25.8. The van der Waals surface area contributed by atoms with Gasteiger partial charge in [0.1, 0.15) is 16.7 Å². The fourth-order valence-electron chi connectivity index (χ4n) is 5.69. The van der Waals surface area contributed by atoms with Gasteiger partial charge in [0.25, 0.3) is 0 Å². The van der Waals surface area contributed by atoms with E-state index in [1.54, 1.807) is 40.5 Å². The monoisotopic (exact) mass is 768 g/mol. The van der Waals surface area contributed by atoms with Gasteiger partial charge in [-0.05, 0) is 41.5 Å². The van der Waals surface area contributed by atoms with Crippen LogP contribution in [-0.2, 0) is 42.3 Å². The van der Waals surface area contributed by atoms with Crippen LogP contribution in [0.1, 0.15) is 64.3 Å². The number of nitrogens with zero attached hydrogens (tertiary/aromatic N) is 8. The van der Waals surface area contributed by atoms with Gasteiger partial charge in [0.05, 0.1) is 88.4 Å². The van der Waals surface area contributed by atoms with Crippen molar-refractivity contribution >= 4 is 35.7 Å². The molecule has 290 valence electrons. The molecule has 0 fully saturated rings. The Bertz CT molecular complexity index is 2000. The Hall–Kier alpha value is -5.75. The lowest BCUT2D eigenvalue weighted by Gasteiger charge is -2.15. The Balaban J connectivity index is 0.000000198. The number of ether oxygens (including phenoxy) is 5. The number of hydrogen-bond donors (Lipinski definition) is 3. The summed E-state index contributed by atoms with van der Waals surface area (Å²) in [5.74, 6) is 2.34. The van der Waals surface area contributed by atoms with Crippen molar-refractivity contribution in [2.45, 2.75) is 74.3 Å². The van der Waals surface area contributed by atoms with Crippen molar-refractivity contribution in [3.05, 3.63) is 68.0 Å². The predicted octanol–water partition coefficient (Wildman–Crippen LogP) is 4.73. The number of hydrogen-bond acceptors (Lipinski definition) is 16. The maximum Gasteiger partial charge on any atom is 0.410 e. The predicted molar refractivity (Wildman–Crippen MR) is 197 cm³/mol. The second-order valence-electron chi connectivity index (χ2n) is 11.9. The van der Waals surface area contributed by atoms with E-state index in [2.05, 4.69) is 29.9 Å². The van der Waals surface area contributed by atoms with E-state index in [-0.39, 0.29) is 37.0 Å². The van der Waals surface area contributed by atoms with Crippen molar-refractivity contribution in [3.8, 4) is 23.3 Å². The van der Waals surface area contributed by atoms with Gasteiger partial charge in [0.15, 0.2) is 0 Å². The summed E-state index contributed by atoms with van der Waals surface area (Å²) in [7, 11) is 3.22. The van der Waals surface area contributed by atoms with Gasteiger partial charge in [-0.15, -0.1) is 0 Å². The SMILES string of the molecule is CCOC(=O)N1Cc2nc(N)nc(Cl)c2C1.CCOC(=O)N1Cc2nc(N)nc(Oc3ncc(C)c(OC)c3C)c2C1.COc1c(C)cnc(CO)c1C. The third kappa shape index (κ3) is 9.42. The molecule has 2 aliphatic rings. The summed E-state index contributed by atoms with van der Waals surface area (Å²) in [6, 6.07) is 0. The summed E-state index contributed by atoms with van der Waals surface area (Å²) < 4.78 is 26.4. The molecule has 0 spiro atoms. The second-order valence-corrected chi connectivity index (χ2v) is 12.3. The summed E-state index contributed by atoms with van der Waals surface area (Å²) in [6.07, 6.45) is 2.57. The molecular formula is C35H45ClN10O8. The third-order valence-electron chi connectivity index (χ3n) is 8.25. The van der Waals surface area contributed by atoms with Gasteiger partial charge in [-0.1, -0.05) is 11.6 Å². The van der Waals surface area contributed by atoms with Crippen molar-refractivity contribution in [2.24, 2.45) is 0 Å². The summed E-state index contributed by atoms with van der Waals surface area (Å²) in [6.45, 7) is 13.0. The van der Waals surface area contributed by atoms with Gasteiger partial charge in [0.2, 0.25) is 23.7 Å². The normalized spacial score (nSPS) is 12.4. The molecule has 4 aromatic rings. The van der Waals surface area contributed by atoms with Crippen LogP contribution in [0.25, 0.3) is 0 Å². The second kappa shape index (κ2) is 18.3. The van der Waals surface area contributed by atoms with Crippen LogP contribution in [0.3, 0.4) is 0 Å². The Labute approximate surface area is 317 Å². The number of aliphatic hydroxyl groups is 1. The van der Waals surface area contributed by atoms with Crippen LogP contribution in [0, 0.1) is 27.7 Å². The van der Waals surface area contributed by atoms with Gasteiger partial charge >= 0.3 is 12.2 Å². The minimum Gasteiger partial charge on any atom is -0.496 e. The van der Waals surface area contributed by atoms with Gasteiger partial charge < -0.3 is 40.3 Å². The first-order valence-corrected chi connectivity index (χ1v) is 17.2. The molecule has 0 aromatic carbocycles. The van der Waals surface area contributed by atoms with E-state index < -0.39 is 6.09 Å². The van der Waals surface area contributed by atoms with E-state index in [1.807, 2.05) is 27.7 Å². The standard InChI is InChI=1S/C17H21N5O4.C9H11ClN4O2.C9H13NO2/c1-5-25-17(23)22-7-11-12(8-22)20-16(18)21-15(11)26-14-10(3)13(24-4)9(2)6-19-14;1-2-16-9(15)14-3-5-6(4-14)12-8(11)13-7(5)10;1-6-4-10-8(5-11)7(2)9(6)12-3/h6H,5,7-8H2,1-4H3,(H2,18,20,21);2-4H2,1H3,(H2,11,12,13);4,11H,5H2,1-3H3. The molecule has 6 rings (SSSR count). The number of fused-ring (bicyclic) bond motifs is 2. The Kier molecular flexibility index (Phi) is 13.9. The molecular weight excluding hydrogens is 724 g/mol. The van der Waals surface area contributed by atoms with Crippen molar-refractivity contribution in [1.29, 1.82) is 0 Å². The minimum absolute atomic E-state index is 0.0392.